The molecule has 1 aromatic carbocycles. The van der Waals surface area contributed by atoms with Crippen molar-refractivity contribution in [2.75, 3.05) is 7.11 Å². The average Bonchev–Trinajstić information content (AvgIpc) is 2.27. The number of hydrogen-bond donors (Lipinski definition) is 0. The van der Waals surface area contributed by atoms with E-state index in [1.165, 1.54) is 19.2 Å². The molecule has 0 radical (unpaired) electrons. The lowest BCUT2D eigenvalue weighted by Gasteiger charge is -2.20. The zero-order chi connectivity index (χ0) is 10.8. The second kappa shape index (κ2) is 3.86. The molecule has 2 rings (SSSR count). The Kier molecular flexibility index (Phi) is 2.55. The number of esters is 1. The molecule has 0 amide bonds. The largest absolute Gasteiger partial charge is 0.465 e. The number of ether oxygens (including phenoxy) is 3. The van der Waals surface area contributed by atoms with Crippen LogP contribution in [0.3, 0.4) is 0 Å². The fourth-order valence-corrected chi connectivity index (χ4v) is 1.34. The molecule has 0 aliphatic carbocycles. The first-order valence-corrected chi connectivity index (χ1v) is 4.34. The van der Waals surface area contributed by atoms with Crippen molar-refractivity contribution in [3.8, 4) is 5.75 Å². The normalized spacial score (nSPS) is 18.9. The van der Waals surface area contributed by atoms with Gasteiger partial charge in [-0.15, -0.1) is 0 Å². The number of carbonyl (C=O) groups excluding carboxylic acids is 1. The Morgan fingerprint density at radius 1 is 1.60 bits per heavy atom. The molecular weight excluding hydrogens is 203 g/mol. The van der Waals surface area contributed by atoms with Gasteiger partial charge in [0.1, 0.15) is 5.75 Å². The molecule has 5 heteroatoms. The third kappa shape index (κ3) is 1.92. The number of alkyl halides is 1. The van der Waals surface area contributed by atoms with Gasteiger partial charge in [-0.25, -0.2) is 4.79 Å². The standard InChI is InChI=1S/C10H9FO4/c1-13-9(12)6-2-3-8-7(4-6)5-14-10(11)15-8/h2-4,10H,5H2,1H3. The fourth-order valence-electron chi connectivity index (χ4n) is 1.34. The minimum atomic E-state index is -1.73. The van der Waals surface area contributed by atoms with E-state index in [1.54, 1.807) is 6.07 Å². The van der Waals surface area contributed by atoms with Crippen LogP contribution in [0, 0.1) is 0 Å². The zero-order valence-corrected chi connectivity index (χ0v) is 8.03. The number of hydrogen-bond acceptors (Lipinski definition) is 4. The van der Waals surface area contributed by atoms with Gasteiger partial charge in [-0.05, 0) is 18.2 Å². The highest BCUT2D eigenvalue weighted by atomic mass is 19.2. The highest BCUT2D eigenvalue weighted by Crippen LogP contribution is 2.27. The lowest BCUT2D eigenvalue weighted by atomic mass is 10.1. The Morgan fingerprint density at radius 3 is 3.13 bits per heavy atom. The van der Waals surface area contributed by atoms with Crippen molar-refractivity contribution in [1.82, 2.24) is 0 Å². The van der Waals surface area contributed by atoms with Crippen LogP contribution in [-0.4, -0.2) is 19.6 Å². The van der Waals surface area contributed by atoms with Gasteiger partial charge in [0, 0.05) is 5.56 Å². The van der Waals surface area contributed by atoms with Gasteiger partial charge >= 0.3 is 12.5 Å². The Hall–Kier alpha value is -1.62. The Morgan fingerprint density at radius 2 is 2.40 bits per heavy atom. The van der Waals surface area contributed by atoms with Crippen LogP contribution in [-0.2, 0) is 16.1 Å². The number of benzene rings is 1. The summed E-state index contributed by atoms with van der Waals surface area (Å²) in [5.41, 5.74) is 1.02. The second-order valence-corrected chi connectivity index (χ2v) is 3.02. The van der Waals surface area contributed by atoms with Crippen molar-refractivity contribution in [2.24, 2.45) is 0 Å². The SMILES string of the molecule is COC(=O)c1ccc2c(c1)COC(F)O2. The van der Waals surface area contributed by atoms with Crippen LogP contribution in [0.4, 0.5) is 4.39 Å². The summed E-state index contributed by atoms with van der Waals surface area (Å²) in [5, 5.41) is 0. The van der Waals surface area contributed by atoms with Crippen LogP contribution < -0.4 is 4.74 Å². The molecule has 1 unspecified atom stereocenters. The maximum atomic E-state index is 12.7. The second-order valence-electron chi connectivity index (χ2n) is 3.02. The van der Waals surface area contributed by atoms with Crippen molar-refractivity contribution in [1.29, 1.82) is 0 Å². The van der Waals surface area contributed by atoms with E-state index in [0.29, 0.717) is 16.9 Å². The number of methoxy groups -OCH3 is 1. The van der Waals surface area contributed by atoms with E-state index in [1.807, 2.05) is 0 Å². The Balaban J connectivity index is 2.30. The maximum absolute atomic E-state index is 12.7. The van der Waals surface area contributed by atoms with Crippen molar-refractivity contribution in [2.45, 2.75) is 13.2 Å². The van der Waals surface area contributed by atoms with Gasteiger partial charge in [0.2, 0.25) is 0 Å². The lowest BCUT2D eigenvalue weighted by Crippen LogP contribution is -2.20. The van der Waals surface area contributed by atoms with E-state index in [4.69, 9.17) is 4.74 Å². The van der Waals surface area contributed by atoms with Gasteiger partial charge in [-0.2, -0.15) is 4.39 Å². The van der Waals surface area contributed by atoms with Crippen molar-refractivity contribution in [3.05, 3.63) is 29.3 Å². The number of rotatable bonds is 1. The first kappa shape index (κ1) is 9.92. The van der Waals surface area contributed by atoms with E-state index in [2.05, 4.69) is 9.47 Å². The summed E-state index contributed by atoms with van der Waals surface area (Å²) < 4.78 is 26.6. The fraction of sp³-hybridized carbons (Fsp3) is 0.300. The number of halogens is 1. The first-order valence-electron chi connectivity index (χ1n) is 4.34. The van der Waals surface area contributed by atoms with Crippen LogP contribution in [0.1, 0.15) is 15.9 Å². The minimum Gasteiger partial charge on any atom is -0.465 e. The summed E-state index contributed by atoms with van der Waals surface area (Å²) in [6, 6.07) is 4.60. The predicted molar refractivity (Wildman–Crippen MR) is 48.1 cm³/mol. The van der Waals surface area contributed by atoms with E-state index in [0.717, 1.165) is 0 Å². The molecule has 1 aliphatic rings. The Labute approximate surface area is 85.6 Å². The molecule has 80 valence electrons. The highest BCUT2D eigenvalue weighted by Gasteiger charge is 2.20. The zero-order valence-electron chi connectivity index (χ0n) is 8.03. The lowest BCUT2D eigenvalue weighted by molar-refractivity contribution is -0.187. The van der Waals surface area contributed by atoms with Gasteiger partial charge < -0.3 is 14.2 Å². The average molecular weight is 212 g/mol. The van der Waals surface area contributed by atoms with E-state index in [9.17, 15) is 9.18 Å². The summed E-state index contributed by atoms with van der Waals surface area (Å²) in [5.74, 6) is -0.0541. The third-order valence-corrected chi connectivity index (χ3v) is 2.07. The molecule has 1 aromatic rings. The van der Waals surface area contributed by atoms with Crippen LogP contribution >= 0.6 is 0 Å². The van der Waals surface area contributed by atoms with Crippen LogP contribution in [0.15, 0.2) is 18.2 Å². The van der Waals surface area contributed by atoms with Crippen LogP contribution in [0.25, 0.3) is 0 Å². The molecule has 1 atom stereocenters. The molecule has 1 heterocycles. The molecule has 0 bridgehead atoms. The summed E-state index contributed by atoms with van der Waals surface area (Å²) >= 11 is 0. The van der Waals surface area contributed by atoms with E-state index < -0.39 is 12.5 Å². The smallest absolute Gasteiger partial charge is 0.353 e. The molecule has 4 nitrogen and oxygen atoms in total. The molecule has 0 spiro atoms. The molecule has 0 aromatic heterocycles. The van der Waals surface area contributed by atoms with Crippen LogP contribution in [0.2, 0.25) is 0 Å². The summed E-state index contributed by atoms with van der Waals surface area (Å²) in [4.78, 5) is 11.2. The molecule has 1 aliphatic heterocycles. The van der Waals surface area contributed by atoms with Crippen molar-refractivity contribution < 1.29 is 23.4 Å². The first-order chi connectivity index (χ1) is 7.20. The summed E-state index contributed by atoms with van der Waals surface area (Å²) in [6.07, 6.45) is 0. The number of fused-ring (bicyclic) bond motifs is 1. The predicted octanol–water partition coefficient (Wildman–Crippen LogP) is 1.64. The van der Waals surface area contributed by atoms with Gasteiger partial charge in [-0.3, -0.25) is 0 Å². The third-order valence-electron chi connectivity index (χ3n) is 2.07. The highest BCUT2D eigenvalue weighted by molar-refractivity contribution is 5.89. The van der Waals surface area contributed by atoms with Crippen LogP contribution in [0.5, 0.6) is 5.75 Å². The molecule has 0 saturated carbocycles. The minimum absolute atomic E-state index is 0.0847. The Bertz CT molecular complexity index is 391. The van der Waals surface area contributed by atoms with Crippen molar-refractivity contribution in [3.63, 3.8) is 0 Å². The molecule has 0 N–H and O–H groups in total. The molecule has 0 fully saturated rings. The molecular formula is C10H9FO4. The van der Waals surface area contributed by atoms with Gasteiger partial charge in [0.15, 0.2) is 0 Å². The molecule has 15 heavy (non-hydrogen) atoms. The quantitative estimate of drug-likeness (QED) is 0.664. The number of carbonyl (C=O) groups is 1. The maximum Gasteiger partial charge on any atom is 0.353 e. The van der Waals surface area contributed by atoms with Gasteiger partial charge in [0.25, 0.3) is 0 Å². The topological polar surface area (TPSA) is 44.8 Å². The summed E-state index contributed by atoms with van der Waals surface area (Å²) in [7, 11) is 1.30. The van der Waals surface area contributed by atoms with E-state index in [-0.39, 0.29) is 6.61 Å². The molecule has 0 saturated heterocycles. The van der Waals surface area contributed by atoms with E-state index >= 15 is 0 Å². The summed E-state index contributed by atoms with van der Waals surface area (Å²) in [6.45, 7) is -1.65. The van der Waals surface area contributed by atoms with Gasteiger partial charge in [-0.1, -0.05) is 0 Å². The monoisotopic (exact) mass is 212 g/mol. The van der Waals surface area contributed by atoms with Gasteiger partial charge in [0.05, 0.1) is 19.3 Å². The van der Waals surface area contributed by atoms with Crippen molar-refractivity contribution >= 4 is 5.97 Å².